The first-order valence-corrected chi connectivity index (χ1v) is 6.13. The van der Waals surface area contributed by atoms with Crippen molar-refractivity contribution in [2.45, 2.75) is 20.0 Å². The van der Waals surface area contributed by atoms with Crippen LogP contribution in [-0.4, -0.2) is 9.13 Å². The van der Waals surface area contributed by atoms with Crippen LogP contribution in [0.4, 0.5) is 5.69 Å². The Morgan fingerprint density at radius 1 is 1.37 bits per heavy atom. The number of nitriles is 1. The quantitative estimate of drug-likeness (QED) is 0.905. The van der Waals surface area contributed by atoms with E-state index in [2.05, 4.69) is 11.4 Å². The third-order valence-electron chi connectivity index (χ3n) is 3.00. The Labute approximate surface area is 111 Å². The zero-order valence-electron chi connectivity index (χ0n) is 11.1. The van der Waals surface area contributed by atoms with Gasteiger partial charge in [-0.05, 0) is 24.6 Å². The third kappa shape index (κ3) is 2.86. The van der Waals surface area contributed by atoms with Gasteiger partial charge in [0.25, 0.3) is 5.56 Å². The molecule has 0 aromatic carbocycles. The van der Waals surface area contributed by atoms with Crippen LogP contribution in [0.1, 0.15) is 18.2 Å². The largest absolute Gasteiger partial charge is 0.380 e. The minimum atomic E-state index is -0.000437. The first-order valence-electron chi connectivity index (χ1n) is 6.13. The first-order chi connectivity index (χ1) is 9.13. The third-order valence-corrected chi connectivity index (χ3v) is 3.00. The summed E-state index contributed by atoms with van der Waals surface area (Å²) in [6.45, 7) is 3.21. The lowest BCUT2D eigenvalue weighted by Gasteiger charge is -2.07. The van der Waals surface area contributed by atoms with E-state index in [1.807, 2.05) is 26.2 Å². The van der Waals surface area contributed by atoms with E-state index in [9.17, 15) is 4.79 Å². The predicted molar refractivity (Wildman–Crippen MR) is 73.8 cm³/mol. The summed E-state index contributed by atoms with van der Waals surface area (Å²) in [6, 6.07) is 7.30. The van der Waals surface area contributed by atoms with Gasteiger partial charge in [-0.3, -0.25) is 4.79 Å². The lowest BCUT2D eigenvalue weighted by Crippen LogP contribution is -2.17. The van der Waals surface area contributed by atoms with Crippen molar-refractivity contribution in [3.05, 3.63) is 52.2 Å². The van der Waals surface area contributed by atoms with Crippen molar-refractivity contribution in [3.63, 3.8) is 0 Å². The lowest BCUT2D eigenvalue weighted by molar-refractivity contribution is 0.727. The van der Waals surface area contributed by atoms with Gasteiger partial charge in [0.2, 0.25) is 0 Å². The predicted octanol–water partition coefficient (Wildman–Crippen LogP) is 1.69. The van der Waals surface area contributed by atoms with Crippen molar-refractivity contribution in [2.24, 2.45) is 7.05 Å². The monoisotopic (exact) mass is 256 g/mol. The molecule has 5 nitrogen and oxygen atoms in total. The second-order valence-electron chi connectivity index (χ2n) is 4.35. The number of hydrogen-bond acceptors (Lipinski definition) is 3. The summed E-state index contributed by atoms with van der Waals surface area (Å²) in [5.41, 5.74) is 2.56. The zero-order valence-corrected chi connectivity index (χ0v) is 11.1. The first kappa shape index (κ1) is 13.0. The van der Waals surface area contributed by atoms with Gasteiger partial charge in [0, 0.05) is 38.6 Å². The minimum absolute atomic E-state index is 0.000437. The van der Waals surface area contributed by atoms with Gasteiger partial charge in [0.15, 0.2) is 0 Å². The van der Waals surface area contributed by atoms with Crippen LogP contribution in [0.3, 0.4) is 0 Å². The minimum Gasteiger partial charge on any atom is -0.380 e. The number of aromatic nitrogens is 2. The van der Waals surface area contributed by atoms with E-state index in [-0.39, 0.29) is 5.56 Å². The van der Waals surface area contributed by atoms with Crippen molar-refractivity contribution in [2.75, 3.05) is 5.32 Å². The summed E-state index contributed by atoms with van der Waals surface area (Å²) in [6.07, 6.45) is 3.72. The van der Waals surface area contributed by atoms with Crippen LogP contribution < -0.4 is 10.9 Å². The van der Waals surface area contributed by atoms with E-state index in [1.165, 1.54) is 0 Å². The Morgan fingerprint density at radius 3 is 2.79 bits per heavy atom. The Kier molecular flexibility index (Phi) is 3.71. The van der Waals surface area contributed by atoms with Crippen molar-refractivity contribution in [1.29, 1.82) is 5.26 Å². The molecule has 98 valence electrons. The lowest BCUT2D eigenvalue weighted by atomic mass is 10.3. The molecule has 0 bridgehead atoms. The molecular weight excluding hydrogens is 240 g/mol. The SMILES string of the molecule is CCn1cc(NCc2cc(C#N)n(C)c2)ccc1=O. The highest BCUT2D eigenvalue weighted by atomic mass is 16.1. The molecule has 2 aromatic rings. The van der Waals surface area contributed by atoms with E-state index < -0.39 is 0 Å². The van der Waals surface area contributed by atoms with Crippen LogP contribution in [0, 0.1) is 11.3 Å². The summed E-state index contributed by atoms with van der Waals surface area (Å²) < 4.78 is 3.44. The van der Waals surface area contributed by atoms with E-state index in [4.69, 9.17) is 5.26 Å². The Balaban J connectivity index is 2.10. The summed E-state index contributed by atoms with van der Waals surface area (Å²) in [7, 11) is 1.85. The molecule has 0 radical (unpaired) electrons. The molecule has 0 atom stereocenters. The highest BCUT2D eigenvalue weighted by Gasteiger charge is 2.02. The Hall–Kier alpha value is -2.48. The van der Waals surface area contributed by atoms with Crippen molar-refractivity contribution >= 4 is 5.69 Å². The molecule has 0 saturated carbocycles. The highest BCUT2D eigenvalue weighted by Crippen LogP contribution is 2.10. The van der Waals surface area contributed by atoms with E-state index >= 15 is 0 Å². The van der Waals surface area contributed by atoms with E-state index in [1.54, 1.807) is 27.5 Å². The number of pyridine rings is 1. The number of rotatable bonds is 4. The topological polar surface area (TPSA) is 62.8 Å². The second-order valence-corrected chi connectivity index (χ2v) is 4.35. The number of nitrogens with one attached hydrogen (secondary N) is 1. The molecule has 5 heteroatoms. The van der Waals surface area contributed by atoms with Gasteiger partial charge < -0.3 is 14.5 Å². The number of aryl methyl sites for hydroxylation is 2. The highest BCUT2D eigenvalue weighted by molar-refractivity contribution is 5.41. The summed E-state index contributed by atoms with van der Waals surface area (Å²) in [5.74, 6) is 0. The average molecular weight is 256 g/mol. The fourth-order valence-corrected chi connectivity index (χ4v) is 1.93. The smallest absolute Gasteiger partial charge is 0.250 e. The molecule has 2 heterocycles. The fourth-order valence-electron chi connectivity index (χ4n) is 1.93. The van der Waals surface area contributed by atoms with Gasteiger partial charge in [0.05, 0.1) is 5.69 Å². The van der Waals surface area contributed by atoms with Crippen LogP contribution in [-0.2, 0) is 20.1 Å². The van der Waals surface area contributed by atoms with Gasteiger partial charge in [-0.25, -0.2) is 0 Å². The molecule has 0 aliphatic heterocycles. The standard InChI is InChI=1S/C14H16N4O/c1-3-18-10-12(4-5-14(18)19)16-8-11-6-13(7-15)17(2)9-11/h4-6,9-10,16H,3,8H2,1-2H3. The molecular formula is C14H16N4O. The van der Waals surface area contributed by atoms with Gasteiger partial charge in [-0.1, -0.05) is 0 Å². The van der Waals surface area contributed by atoms with E-state index in [0.717, 1.165) is 11.3 Å². The Morgan fingerprint density at radius 2 is 2.16 bits per heavy atom. The maximum absolute atomic E-state index is 11.5. The van der Waals surface area contributed by atoms with Crippen LogP contribution in [0.2, 0.25) is 0 Å². The zero-order chi connectivity index (χ0) is 13.8. The van der Waals surface area contributed by atoms with E-state index in [0.29, 0.717) is 18.8 Å². The molecule has 0 amide bonds. The van der Waals surface area contributed by atoms with Gasteiger partial charge in [-0.2, -0.15) is 5.26 Å². The second kappa shape index (κ2) is 5.44. The Bertz CT molecular complexity index is 675. The van der Waals surface area contributed by atoms with Crippen LogP contribution in [0.5, 0.6) is 0 Å². The molecule has 0 aliphatic rings. The number of hydrogen-bond donors (Lipinski definition) is 1. The molecule has 19 heavy (non-hydrogen) atoms. The number of nitrogens with zero attached hydrogens (tertiary/aromatic N) is 3. The fraction of sp³-hybridized carbons (Fsp3) is 0.286. The summed E-state index contributed by atoms with van der Waals surface area (Å²) >= 11 is 0. The average Bonchev–Trinajstić information content (AvgIpc) is 2.78. The summed E-state index contributed by atoms with van der Waals surface area (Å²) in [5, 5.41) is 12.1. The molecule has 2 aromatic heterocycles. The van der Waals surface area contributed by atoms with Crippen LogP contribution in [0.25, 0.3) is 0 Å². The van der Waals surface area contributed by atoms with Crippen LogP contribution in [0.15, 0.2) is 35.4 Å². The molecule has 2 rings (SSSR count). The molecule has 0 fully saturated rings. The molecule has 0 saturated heterocycles. The van der Waals surface area contributed by atoms with Gasteiger partial charge in [-0.15, -0.1) is 0 Å². The maximum atomic E-state index is 11.5. The van der Waals surface area contributed by atoms with Crippen molar-refractivity contribution in [1.82, 2.24) is 9.13 Å². The molecule has 0 aliphatic carbocycles. The molecule has 0 spiro atoms. The normalized spacial score (nSPS) is 10.2. The maximum Gasteiger partial charge on any atom is 0.250 e. The summed E-state index contributed by atoms with van der Waals surface area (Å²) in [4.78, 5) is 11.5. The number of anilines is 1. The van der Waals surface area contributed by atoms with Gasteiger partial charge in [0.1, 0.15) is 11.8 Å². The molecule has 0 unspecified atom stereocenters. The van der Waals surface area contributed by atoms with Crippen molar-refractivity contribution in [3.8, 4) is 6.07 Å². The van der Waals surface area contributed by atoms with Crippen molar-refractivity contribution < 1.29 is 0 Å². The van der Waals surface area contributed by atoms with Gasteiger partial charge >= 0.3 is 0 Å². The van der Waals surface area contributed by atoms with Crippen LogP contribution >= 0.6 is 0 Å². The molecule has 1 N–H and O–H groups in total.